The minimum Gasteiger partial charge on any atom is -0.454 e. The lowest BCUT2D eigenvalue weighted by Crippen LogP contribution is -2.10. The molecule has 2 nitrogen and oxygen atoms in total. The SMILES string of the molecule is c1ccc(-c2cc(N(c3ccc(-c4ccc5ccccc5c4)cc3)c3cccc4c3oc3ccccc34)ccc2-c2cccc3c2sc2ccccc23)cc1. The molecule has 0 amide bonds. The fraction of sp³-hybridized carbons (Fsp3) is 0. The van der Waals surface area contributed by atoms with Crippen molar-refractivity contribution in [3.63, 3.8) is 0 Å². The van der Waals surface area contributed by atoms with E-state index >= 15 is 0 Å². The van der Waals surface area contributed by atoms with Crippen LogP contribution in [0.4, 0.5) is 17.1 Å². The van der Waals surface area contributed by atoms with Gasteiger partial charge in [-0.15, -0.1) is 11.3 Å². The minimum atomic E-state index is 0.864. The van der Waals surface area contributed by atoms with Gasteiger partial charge in [-0.1, -0.05) is 152 Å². The second-order valence-corrected chi connectivity index (χ2v) is 15.1. The van der Waals surface area contributed by atoms with E-state index in [1.54, 1.807) is 0 Å². The Morgan fingerprint density at radius 2 is 1.07 bits per heavy atom. The van der Waals surface area contributed by atoms with Crippen LogP contribution in [-0.2, 0) is 0 Å². The Morgan fingerprint density at radius 1 is 0.382 bits per heavy atom. The van der Waals surface area contributed by atoms with Gasteiger partial charge in [-0.05, 0) is 87.1 Å². The summed E-state index contributed by atoms with van der Waals surface area (Å²) < 4.78 is 9.30. The molecule has 0 unspecified atom stereocenters. The molecule has 0 radical (unpaired) electrons. The number of furan rings is 1. The first kappa shape index (κ1) is 31.6. The van der Waals surface area contributed by atoms with Crippen LogP contribution in [0.1, 0.15) is 0 Å². The summed E-state index contributed by atoms with van der Waals surface area (Å²) in [5.41, 5.74) is 12.0. The highest BCUT2D eigenvalue weighted by molar-refractivity contribution is 7.26. The van der Waals surface area contributed by atoms with Crippen molar-refractivity contribution in [2.24, 2.45) is 0 Å². The van der Waals surface area contributed by atoms with Crippen molar-refractivity contribution in [1.29, 1.82) is 0 Å². The zero-order chi connectivity index (χ0) is 36.3. The molecule has 0 aliphatic carbocycles. The lowest BCUT2D eigenvalue weighted by Gasteiger charge is -2.27. The van der Waals surface area contributed by atoms with Crippen molar-refractivity contribution >= 4 is 81.3 Å². The van der Waals surface area contributed by atoms with Gasteiger partial charge in [0, 0.05) is 47.9 Å². The smallest absolute Gasteiger partial charge is 0.159 e. The molecule has 258 valence electrons. The maximum absolute atomic E-state index is 6.69. The quantitative estimate of drug-likeness (QED) is 0.170. The normalized spacial score (nSPS) is 11.6. The van der Waals surface area contributed by atoms with Gasteiger partial charge < -0.3 is 9.32 Å². The van der Waals surface area contributed by atoms with Crippen LogP contribution in [0.3, 0.4) is 0 Å². The summed E-state index contributed by atoms with van der Waals surface area (Å²) in [6, 6.07) is 72.2. The van der Waals surface area contributed by atoms with Crippen LogP contribution in [-0.4, -0.2) is 0 Å². The molecule has 0 saturated heterocycles. The Labute approximate surface area is 322 Å². The van der Waals surface area contributed by atoms with E-state index < -0.39 is 0 Å². The molecule has 0 spiro atoms. The molecule has 11 aromatic rings. The van der Waals surface area contributed by atoms with Gasteiger partial charge in [0.1, 0.15) is 5.58 Å². The van der Waals surface area contributed by atoms with Gasteiger partial charge in [-0.3, -0.25) is 0 Å². The van der Waals surface area contributed by atoms with Crippen LogP contribution >= 0.6 is 11.3 Å². The van der Waals surface area contributed by atoms with E-state index in [2.05, 4.69) is 199 Å². The van der Waals surface area contributed by atoms with E-state index in [-0.39, 0.29) is 0 Å². The van der Waals surface area contributed by atoms with Crippen molar-refractivity contribution in [3.05, 3.63) is 200 Å². The average molecular weight is 720 g/mol. The van der Waals surface area contributed by atoms with Gasteiger partial charge in [0.2, 0.25) is 0 Å². The molecule has 0 N–H and O–H groups in total. The number of hydrogen-bond acceptors (Lipinski definition) is 3. The fourth-order valence-corrected chi connectivity index (χ4v) is 9.46. The molecule has 0 bridgehead atoms. The number of hydrogen-bond donors (Lipinski definition) is 0. The number of rotatable bonds is 6. The average Bonchev–Trinajstić information content (AvgIpc) is 3.84. The monoisotopic (exact) mass is 719 g/mol. The molecular weight excluding hydrogens is 687 g/mol. The van der Waals surface area contributed by atoms with Gasteiger partial charge in [0.15, 0.2) is 5.58 Å². The van der Waals surface area contributed by atoms with Crippen LogP contribution in [0.5, 0.6) is 0 Å². The van der Waals surface area contributed by atoms with Crippen molar-refractivity contribution < 1.29 is 4.42 Å². The van der Waals surface area contributed by atoms with Crippen molar-refractivity contribution in [2.45, 2.75) is 0 Å². The zero-order valence-corrected chi connectivity index (χ0v) is 30.6. The number of para-hydroxylation sites is 2. The van der Waals surface area contributed by atoms with Crippen LogP contribution < -0.4 is 4.90 Å². The van der Waals surface area contributed by atoms with Crippen molar-refractivity contribution in [2.75, 3.05) is 4.90 Å². The van der Waals surface area contributed by atoms with Crippen LogP contribution in [0.25, 0.3) is 86.3 Å². The third-order valence-electron chi connectivity index (χ3n) is 10.9. The van der Waals surface area contributed by atoms with Crippen molar-refractivity contribution in [3.8, 4) is 33.4 Å². The maximum Gasteiger partial charge on any atom is 0.159 e. The van der Waals surface area contributed by atoms with Crippen molar-refractivity contribution in [1.82, 2.24) is 0 Å². The maximum atomic E-state index is 6.69. The number of fused-ring (bicyclic) bond motifs is 7. The van der Waals surface area contributed by atoms with E-state index in [0.717, 1.165) is 39.0 Å². The highest BCUT2D eigenvalue weighted by Gasteiger charge is 2.22. The Morgan fingerprint density at radius 3 is 1.96 bits per heavy atom. The van der Waals surface area contributed by atoms with Gasteiger partial charge in [0.25, 0.3) is 0 Å². The molecule has 0 saturated carbocycles. The second-order valence-electron chi connectivity index (χ2n) is 14.1. The molecule has 0 atom stereocenters. The van der Waals surface area contributed by atoms with E-state index in [4.69, 9.17) is 4.42 Å². The van der Waals surface area contributed by atoms with E-state index in [9.17, 15) is 0 Å². The first-order valence-electron chi connectivity index (χ1n) is 18.7. The fourth-order valence-electron chi connectivity index (χ4n) is 8.23. The zero-order valence-electron chi connectivity index (χ0n) is 29.8. The molecule has 9 aromatic carbocycles. The molecule has 0 fully saturated rings. The summed E-state index contributed by atoms with van der Waals surface area (Å²) in [5, 5.41) is 7.30. The summed E-state index contributed by atoms with van der Waals surface area (Å²) in [4.78, 5) is 2.35. The molecule has 11 rings (SSSR count). The minimum absolute atomic E-state index is 0.864. The lowest BCUT2D eigenvalue weighted by molar-refractivity contribution is 0.669. The summed E-state index contributed by atoms with van der Waals surface area (Å²) in [6.45, 7) is 0. The molecule has 2 heterocycles. The number of nitrogens with zero attached hydrogens (tertiary/aromatic N) is 1. The largest absolute Gasteiger partial charge is 0.454 e. The van der Waals surface area contributed by atoms with Crippen LogP contribution in [0, 0.1) is 0 Å². The predicted octanol–water partition coefficient (Wildman–Crippen LogP) is 15.6. The lowest BCUT2D eigenvalue weighted by atomic mass is 9.92. The first-order chi connectivity index (χ1) is 27.3. The highest BCUT2D eigenvalue weighted by atomic mass is 32.1. The molecule has 2 aromatic heterocycles. The van der Waals surface area contributed by atoms with E-state index in [1.807, 2.05) is 17.4 Å². The third kappa shape index (κ3) is 5.32. The second kappa shape index (κ2) is 12.9. The Balaban J connectivity index is 1.12. The number of anilines is 3. The van der Waals surface area contributed by atoms with Gasteiger partial charge in [-0.2, -0.15) is 0 Å². The standard InChI is InChI=1S/C52H33NOS/c1-2-13-36(14-3-1)47-33-40(30-31-41(47)45-19-10-20-46-43-17-7-9-23-50(43)55-52(45)46)53(48-21-11-18-44-42-16-6-8-22-49(42)54-51(44)48)39-28-26-35(27-29-39)38-25-24-34-12-4-5-15-37(34)32-38/h1-33H. The molecule has 3 heteroatoms. The third-order valence-corrected chi connectivity index (χ3v) is 12.1. The number of benzene rings is 9. The summed E-state index contributed by atoms with van der Waals surface area (Å²) >= 11 is 1.87. The first-order valence-corrected chi connectivity index (χ1v) is 19.5. The van der Waals surface area contributed by atoms with Crippen LogP contribution in [0.2, 0.25) is 0 Å². The summed E-state index contributed by atoms with van der Waals surface area (Å²) in [7, 11) is 0. The Hall–Kier alpha value is -6.94. The summed E-state index contributed by atoms with van der Waals surface area (Å²) in [5.74, 6) is 0. The highest BCUT2D eigenvalue weighted by Crippen LogP contribution is 2.47. The van der Waals surface area contributed by atoms with E-state index in [1.165, 1.54) is 64.3 Å². The summed E-state index contributed by atoms with van der Waals surface area (Å²) in [6.07, 6.45) is 0. The van der Waals surface area contributed by atoms with Gasteiger partial charge >= 0.3 is 0 Å². The molecule has 0 aliphatic heterocycles. The Bertz CT molecular complexity index is 3210. The predicted molar refractivity (Wildman–Crippen MR) is 235 cm³/mol. The molecule has 55 heavy (non-hydrogen) atoms. The molecular formula is C52H33NOS. The topological polar surface area (TPSA) is 16.4 Å². The van der Waals surface area contributed by atoms with Crippen LogP contribution in [0.15, 0.2) is 205 Å². The van der Waals surface area contributed by atoms with Gasteiger partial charge in [-0.25, -0.2) is 0 Å². The number of thiophene rings is 1. The van der Waals surface area contributed by atoms with E-state index in [0.29, 0.717) is 0 Å². The van der Waals surface area contributed by atoms with Gasteiger partial charge in [0.05, 0.1) is 5.69 Å². The Kier molecular flexibility index (Phi) is 7.39. The molecule has 0 aliphatic rings.